The largest absolute Gasteiger partial charge is 0.325 e. The van der Waals surface area contributed by atoms with Crippen LogP contribution in [-0.4, -0.2) is 36.8 Å². The number of carbonyl (C=O) groups excluding carboxylic acids is 1. The lowest BCUT2D eigenvalue weighted by molar-refractivity contribution is -0.387. The van der Waals surface area contributed by atoms with E-state index in [1.165, 1.54) is 10.7 Å². The number of carbonyl (C=O) groups is 1. The lowest BCUT2D eigenvalue weighted by Crippen LogP contribution is -2.15. The van der Waals surface area contributed by atoms with Crippen molar-refractivity contribution in [3.8, 4) is 5.69 Å². The van der Waals surface area contributed by atoms with Crippen LogP contribution in [0.1, 0.15) is 11.1 Å². The van der Waals surface area contributed by atoms with Crippen LogP contribution >= 0.6 is 11.8 Å². The van der Waals surface area contributed by atoms with E-state index in [0.717, 1.165) is 40.7 Å². The minimum absolute atomic E-state index is 0.0313. The highest BCUT2D eigenvalue weighted by molar-refractivity contribution is 7.99. The summed E-state index contributed by atoms with van der Waals surface area (Å²) in [7, 11) is 0. The molecule has 3 aromatic rings. The molecule has 2 aromatic carbocycles. The van der Waals surface area contributed by atoms with Crippen LogP contribution in [0.2, 0.25) is 0 Å². The first-order valence-electron chi connectivity index (χ1n) is 8.08. The molecule has 1 amide bonds. The number of nitro groups is 1. The molecular formula is C17H15FN6O3S. The number of halogens is 1. The van der Waals surface area contributed by atoms with E-state index < -0.39 is 22.3 Å². The Kier molecular flexibility index (Phi) is 5.64. The van der Waals surface area contributed by atoms with Crippen molar-refractivity contribution < 1.29 is 14.1 Å². The quantitative estimate of drug-likeness (QED) is 0.383. The summed E-state index contributed by atoms with van der Waals surface area (Å²) in [5.74, 6) is -1.43. The molecule has 0 atom stereocenters. The number of aromatic nitrogens is 4. The van der Waals surface area contributed by atoms with Crippen LogP contribution in [0.15, 0.2) is 41.6 Å². The predicted octanol–water partition coefficient (Wildman–Crippen LogP) is 3.06. The number of hydrogen-bond acceptors (Lipinski definition) is 7. The maximum atomic E-state index is 13.4. The zero-order valence-corrected chi connectivity index (χ0v) is 15.7. The Morgan fingerprint density at radius 2 is 2.07 bits per heavy atom. The average molecular weight is 402 g/mol. The molecule has 0 aliphatic rings. The molecule has 1 heterocycles. The second kappa shape index (κ2) is 8.13. The van der Waals surface area contributed by atoms with E-state index in [9.17, 15) is 19.3 Å². The van der Waals surface area contributed by atoms with Crippen LogP contribution in [-0.2, 0) is 4.79 Å². The Hall–Kier alpha value is -3.34. The molecule has 1 aromatic heterocycles. The van der Waals surface area contributed by atoms with Gasteiger partial charge in [-0.25, -0.2) is 0 Å². The summed E-state index contributed by atoms with van der Waals surface area (Å²) in [5, 5.41) is 25.3. The first-order valence-corrected chi connectivity index (χ1v) is 9.06. The highest BCUT2D eigenvalue weighted by atomic mass is 32.2. The summed E-state index contributed by atoms with van der Waals surface area (Å²) in [5.41, 5.74) is 2.32. The summed E-state index contributed by atoms with van der Waals surface area (Å²) in [6.45, 7) is 3.92. The van der Waals surface area contributed by atoms with E-state index in [1.54, 1.807) is 0 Å². The summed E-state index contributed by atoms with van der Waals surface area (Å²) in [4.78, 5) is 22.1. The van der Waals surface area contributed by atoms with Crippen LogP contribution < -0.4 is 5.32 Å². The number of rotatable bonds is 6. The number of nitro benzene ring substituents is 1. The van der Waals surface area contributed by atoms with Crippen molar-refractivity contribution in [2.45, 2.75) is 19.0 Å². The fourth-order valence-electron chi connectivity index (χ4n) is 2.52. The van der Waals surface area contributed by atoms with Gasteiger partial charge in [-0.2, -0.15) is 9.07 Å². The molecule has 1 N–H and O–H groups in total. The second-order valence-electron chi connectivity index (χ2n) is 5.92. The van der Waals surface area contributed by atoms with Crippen molar-refractivity contribution in [2.24, 2.45) is 0 Å². The number of anilines is 1. The van der Waals surface area contributed by atoms with Gasteiger partial charge in [-0.15, -0.1) is 5.10 Å². The van der Waals surface area contributed by atoms with Crippen LogP contribution in [0.4, 0.5) is 15.8 Å². The number of tetrazole rings is 1. The van der Waals surface area contributed by atoms with E-state index in [4.69, 9.17) is 0 Å². The highest BCUT2D eigenvalue weighted by Gasteiger charge is 2.17. The first kappa shape index (κ1) is 19.4. The third-order valence-corrected chi connectivity index (χ3v) is 4.70. The van der Waals surface area contributed by atoms with Gasteiger partial charge in [0, 0.05) is 11.8 Å². The second-order valence-corrected chi connectivity index (χ2v) is 6.87. The Morgan fingerprint density at radius 1 is 1.29 bits per heavy atom. The van der Waals surface area contributed by atoms with Gasteiger partial charge in [0.1, 0.15) is 0 Å². The van der Waals surface area contributed by atoms with Crippen molar-refractivity contribution >= 4 is 29.0 Å². The standard InChI is InChI=1S/C17H15FN6O3S/c1-10-3-6-14(11(2)7-10)23-17(20-21-22-23)28-9-16(25)19-12-4-5-13(18)15(8-12)24(26)27/h3-8H,9H2,1-2H3,(H,19,25). The van der Waals surface area contributed by atoms with Crippen LogP contribution in [0.25, 0.3) is 5.69 Å². The van der Waals surface area contributed by atoms with Crippen molar-refractivity contribution in [1.82, 2.24) is 20.2 Å². The molecule has 0 radical (unpaired) electrons. The lowest BCUT2D eigenvalue weighted by atomic mass is 10.1. The average Bonchev–Trinajstić information content (AvgIpc) is 3.09. The summed E-state index contributed by atoms with van der Waals surface area (Å²) in [6, 6.07) is 8.98. The number of amides is 1. The predicted molar refractivity (Wildman–Crippen MR) is 101 cm³/mol. The molecule has 28 heavy (non-hydrogen) atoms. The smallest absolute Gasteiger partial charge is 0.306 e. The fraction of sp³-hybridized carbons (Fsp3) is 0.176. The van der Waals surface area contributed by atoms with Crippen molar-refractivity contribution in [2.75, 3.05) is 11.1 Å². The maximum Gasteiger partial charge on any atom is 0.306 e. The molecule has 0 spiro atoms. The van der Waals surface area contributed by atoms with Gasteiger partial charge >= 0.3 is 5.69 Å². The molecule has 0 bridgehead atoms. The first-order chi connectivity index (χ1) is 13.3. The van der Waals surface area contributed by atoms with Gasteiger partial charge in [0.2, 0.25) is 16.9 Å². The molecule has 0 saturated heterocycles. The lowest BCUT2D eigenvalue weighted by Gasteiger charge is -2.08. The van der Waals surface area contributed by atoms with Gasteiger partial charge in [-0.1, -0.05) is 29.5 Å². The molecule has 0 saturated carbocycles. The summed E-state index contributed by atoms with van der Waals surface area (Å²) >= 11 is 1.11. The number of nitrogens with one attached hydrogen (secondary N) is 1. The number of benzene rings is 2. The minimum atomic E-state index is -0.968. The SMILES string of the molecule is Cc1ccc(-n2nnnc2SCC(=O)Nc2ccc(F)c([N+](=O)[O-])c2)c(C)c1. The van der Waals surface area contributed by atoms with E-state index >= 15 is 0 Å². The van der Waals surface area contributed by atoms with E-state index in [2.05, 4.69) is 20.8 Å². The van der Waals surface area contributed by atoms with Gasteiger partial charge in [0.15, 0.2) is 0 Å². The number of nitrogens with zero attached hydrogens (tertiary/aromatic N) is 5. The summed E-state index contributed by atoms with van der Waals surface area (Å²) < 4.78 is 14.9. The molecular weight excluding hydrogens is 387 g/mol. The normalized spacial score (nSPS) is 10.7. The van der Waals surface area contributed by atoms with Crippen LogP contribution in [0.5, 0.6) is 0 Å². The molecule has 0 unspecified atom stereocenters. The third kappa shape index (κ3) is 4.31. The van der Waals surface area contributed by atoms with Gasteiger partial charge < -0.3 is 5.32 Å². The van der Waals surface area contributed by atoms with E-state index in [0.29, 0.717) is 5.16 Å². The van der Waals surface area contributed by atoms with Gasteiger partial charge in [-0.05, 0) is 48.0 Å². The molecule has 9 nitrogen and oxygen atoms in total. The van der Waals surface area contributed by atoms with E-state index in [1.807, 2.05) is 32.0 Å². The topological polar surface area (TPSA) is 116 Å². The zero-order valence-electron chi connectivity index (χ0n) is 14.9. The number of thioether (sulfide) groups is 1. The number of aryl methyl sites for hydroxylation is 2. The highest BCUT2D eigenvalue weighted by Crippen LogP contribution is 2.23. The Bertz CT molecular complexity index is 1060. The molecule has 0 aliphatic heterocycles. The summed E-state index contributed by atoms with van der Waals surface area (Å²) in [6.07, 6.45) is 0. The van der Waals surface area contributed by atoms with Gasteiger partial charge in [0.05, 0.1) is 16.4 Å². The molecule has 11 heteroatoms. The molecule has 0 fully saturated rings. The van der Waals surface area contributed by atoms with Gasteiger partial charge in [-0.3, -0.25) is 14.9 Å². The number of hydrogen-bond donors (Lipinski definition) is 1. The monoisotopic (exact) mass is 402 g/mol. The molecule has 0 aliphatic carbocycles. The Morgan fingerprint density at radius 3 is 2.79 bits per heavy atom. The minimum Gasteiger partial charge on any atom is -0.325 e. The molecule has 144 valence electrons. The Labute approximate surface area is 163 Å². The molecule has 3 rings (SSSR count). The van der Waals surface area contributed by atoms with Crippen molar-refractivity contribution in [1.29, 1.82) is 0 Å². The fourth-order valence-corrected chi connectivity index (χ4v) is 3.20. The van der Waals surface area contributed by atoms with Crippen molar-refractivity contribution in [3.05, 3.63) is 63.5 Å². The van der Waals surface area contributed by atoms with Crippen molar-refractivity contribution in [3.63, 3.8) is 0 Å². The van der Waals surface area contributed by atoms with Crippen LogP contribution in [0, 0.1) is 29.8 Å². The zero-order chi connectivity index (χ0) is 20.3. The van der Waals surface area contributed by atoms with Gasteiger partial charge in [0.25, 0.3) is 0 Å². The van der Waals surface area contributed by atoms with E-state index in [-0.39, 0.29) is 11.4 Å². The maximum absolute atomic E-state index is 13.4. The van der Waals surface area contributed by atoms with Crippen LogP contribution in [0.3, 0.4) is 0 Å². The third-order valence-electron chi connectivity index (χ3n) is 3.78. The Balaban J connectivity index is 1.69.